The number of carbonyl (C=O) groups excluding carboxylic acids is 1. The van der Waals surface area contributed by atoms with E-state index < -0.39 is 0 Å². The van der Waals surface area contributed by atoms with Crippen LogP contribution in [-0.4, -0.2) is 26.0 Å². The molecule has 2 atom stereocenters. The van der Waals surface area contributed by atoms with Crippen LogP contribution in [0.15, 0.2) is 47.6 Å². The number of aryl methyl sites for hydroxylation is 4. The first-order valence-corrected chi connectivity index (χ1v) is 10.1. The zero-order chi connectivity index (χ0) is 19.8. The Morgan fingerprint density at radius 1 is 1.00 bits per heavy atom. The molecule has 0 saturated heterocycles. The SMILES string of the molecule is Cc1ccc([C@H]2Nn3c(C)nnc3S[C@H]2C(=O)Nc2cc(C)cc(C)c2)cc1. The number of rotatable bonds is 3. The first-order chi connectivity index (χ1) is 13.4. The van der Waals surface area contributed by atoms with Crippen molar-refractivity contribution in [3.8, 4) is 0 Å². The van der Waals surface area contributed by atoms with Gasteiger partial charge in [0.2, 0.25) is 11.1 Å². The molecule has 0 unspecified atom stereocenters. The largest absolute Gasteiger partial charge is 0.325 e. The van der Waals surface area contributed by atoms with Gasteiger partial charge in [-0.2, -0.15) is 0 Å². The maximum absolute atomic E-state index is 13.2. The van der Waals surface area contributed by atoms with E-state index in [2.05, 4.69) is 58.2 Å². The summed E-state index contributed by atoms with van der Waals surface area (Å²) in [6, 6.07) is 14.1. The number of benzene rings is 2. The van der Waals surface area contributed by atoms with Gasteiger partial charge in [0, 0.05) is 5.69 Å². The highest BCUT2D eigenvalue weighted by Gasteiger charge is 2.37. The molecular weight excluding hydrogens is 370 g/mol. The molecule has 7 heteroatoms. The van der Waals surface area contributed by atoms with Gasteiger partial charge in [-0.05, 0) is 56.5 Å². The van der Waals surface area contributed by atoms with Gasteiger partial charge in [0.15, 0.2) is 0 Å². The normalized spacial score (nSPS) is 18.3. The molecule has 144 valence electrons. The third-order valence-electron chi connectivity index (χ3n) is 4.78. The summed E-state index contributed by atoms with van der Waals surface area (Å²) in [5.41, 5.74) is 8.72. The molecular formula is C21H23N5OS. The topological polar surface area (TPSA) is 71.8 Å². The van der Waals surface area contributed by atoms with Crippen LogP contribution in [0.25, 0.3) is 0 Å². The van der Waals surface area contributed by atoms with Gasteiger partial charge in [0.05, 0.1) is 6.04 Å². The lowest BCUT2D eigenvalue weighted by atomic mass is 10.0. The van der Waals surface area contributed by atoms with Crippen LogP contribution >= 0.6 is 11.8 Å². The van der Waals surface area contributed by atoms with Gasteiger partial charge in [-0.25, -0.2) is 4.68 Å². The Balaban J connectivity index is 1.67. The van der Waals surface area contributed by atoms with Crippen LogP contribution in [-0.2, 0) is 4.79 Å². The number of nitrogens with zero attached hydrogens (tertiary/aromatic N) is 3. The molecule has 1 aliphatic heterocycles. The molecule has 1 aromatic heterocycles. The fourth-order valence-corrected chi connectivity index (χ4v) is 4.57. The van der Waals surface area contributed by atoms with Crippen molar-refractivity contribution >= 4 is 23.4 Å². The van der Waals surface area contributed by atoms with Crippen LogP contribution in [0.4, 0.5) is 5.69 Å². The third-order valence-corrected chi connectivity index (χ3v) is 6.00. The van der Waals surface area contributed by atoms with Crippen molar-refractivity contribution in [3.63, 3.8) is 0 Å². The summed E-state index contributed by atoms with van der Waals surface area (Å²) >= 11 is 1.44. The number of anilines is 1. The molecule has 4 rings (SSSR count). The van der Waals surface area contributed by atoms with Crippen molar-refractivity contribution in [2.24, 2.45) is 0 Å². The Labute approximate surface area is 168 Å². The Morgan fingerprint density at radius 3 is 2.36 bits per heavy atom. The molecule has 1 aliphatic rings. The lowest BCUT2D eigenvalue weighted by molar-refractivity contribution is -0.116. The lowest BCUT2D eigenvalue weighted by Gasteiger charge is -2.32. The van der Waals surface area contributed by atoms with Crippen molar-refractivity contribution in [3.05, 3.63) is 70.5 Å². The first-order valence-electron chi connectivity index (χ1n) is 9.21. The van der Waals surface area contributed by atoms with Crippen LogP contribution < -0.4 is 10.7 Å². The highest BCUT2D eigenvalue weighted by molar-refractivity contribution is 8.00. The minimum Gasteiger partial charge on any atom is -0.325 e. The number of hydrogen-bond donors (Lipinski definition) is 2. The van der Waals surface area contributed by atoms with Gasteiger partial charge in [-0.1, -0.05) is 47.7 Å². The van der Waals surface area contributed by atoms with Crippen molar-refractivity contribution < 1.29 is 4.79 Å². The molecule has 0 radical (unpaired) electrons. The summed E-state index contributed by atoms with van der Waals surface area (Å²) in [4.78, 5) is 13.2. The van der Waals surface area contributed by atoms with Crippen molar-refractivity contribution in [1.82, 2.24) is 14.9 Å². The summed E-state index contributed by atoms with van der Waals surface area (Å²) in [5, 5.41) is 11.7. The van der Waals surface area contributed by atoms with E-state index in [-0.39, 0.29) is 17.2 Å². The molecule has 0 spiro atoms. The predicted octanol–water partition coefficient (Wildman–Crippen LogP) is 3.91. The van der Waals surface area contributed by atoms with Gasteiger partial charge >= 0.3 is 0 Å². The number of aromatic nitrogens is 3. The average molecular weight is 394 g/mol. The molecule has 2 aromatic carbocycles. The van der Waals surface area contributed by atoms with Gasteiger partial charge < -0.3 is 10.7 Å². The highest BCUT2D eigenvalue weighted by Crippen LogP contribution is 2.37. The summed E-state index contributed by atoms with van der Waals surface area (Å²) < 4.78 is 1.86. The predicted molar refractivity (Wildman–Crippen MR) is 112 cm³/mol. The monoisotopic (exact) mass is 393 g/mol. The Kier molecular flexibility index (Phi) is 4.85. The Morgan fingerprint density at radius 2 is 1.68 bits per heavy atom. The molecule has 1 amide bonds. The number of nitrogens with one attached hydrogen (secondary N) is 2. The number of amides is 1. The van der Waals surface area contributed by atoms with E-state index >= 15 is 0 Å². The van der Waals surface area contributed by atoms with E-state index in [0.717, 1.165) is 28.2 Å². The second-order valence-electron chi connectivity index (χ2n) is 7.29. The quantitative estimate of drug-likeness (QED) is 0.706. The maximum Gasteiger partial charge on any atom is 0.240 e. The summed E-state index contributed by atoms with van der Waals surface area (Å²) in [6.45, 7) is 8.01. The van der Waals surface area contributed by atoms with E-state index in [1.165, 1.54) is 17.3 Å². The Hall–Kier alpha value is -2.80. The number of thioether (sulfide) groups is 1. The second kappa shape index (κ2) is 7.31. The minimum atomic E-state index is -0.375. The van der Waals surface area contributed by atoms with Crippen molar-refractivity contribution in [2.45, 2.75) is 44.1 Å². The number of carbonyl (C=O) groups is 1. The van der Waals surface area contributed by atoms with Crippen LogP contribution in [0.5, 0.6) is 0 Å². The fraction of sp³-hybridized carbons (Fsp3) is 0.286. The maximum atomic E-state index is 13.2. The van der Waals surface area contributed by atoms with Gasteiger partial charge in [-0.15, -0.1) is 10.2 Å². The van der Waals surface area contributed by atoms with Crippen LogP contribution in [0, 0.1) is 27.7 Å². The van der Waals surface area contributed by atoms with E-state index in [1.54, 1.807) is 0 Å². The molecule has 0 saturated carbocycles. The molecule has 28 heavy (non-hydrogen) atoms. The third kappa shape index (κ3) is 3.62. The van der Waals surface area contributed by atoms with Gasteiger partial charge in [0.25, 0.3) is 0 Å². The summed E-state index contributed by atoms with van der Waals surface area (Å²) in [6.07, 6.45) is 0. The van der Waals surface area contributed by atoms with Crippen molar-refractivity contribution in [1.29, 1.82) is 0 Å². The number of hydrogen-bond acceptors (Lipinski definition) is 5. The minimum absolute atomic E-state index is 0.0556. The molecule has 2 heterocycles. The van der Waals surface area contributed by atoms with E-state index in [1.807, 2.05) is 37.6 Å². The van der Waals surface area contributed by atoms with Crippen LogP contribution in [0.1, 0.15) is 34.1 Å². The first kappa shape index (κ1) is 18.6. The van der Waals surface area contributed by atoms with Crippen LogP contribution in [0.3, 0.4) is 0 Å². The summed E-state index contributed by atoms with van der Waals surface area (Å²) in [7, 11) is 0. The standard InChI is InChI=1S/C21H23N5OS/c1-12-5-7-16(8-6-12)18-19(28-21-24-23-15(4)26(21)25-18)20(27)22-17-10-13(2)9-14(3)11-17/h5-11,18-19,25H,1-4H3,(H,22,27)/t18-,19-/m1/s1. The number of fused-ring (bicyclic) bond motifs is 1. The van der Waals surface area contributed by atoms with Crippen LogP contribution in [0.2, 0.25) is 0 Å². The van der Waals surface area contributed by atoms with E-state index in [4.69, 9.17) is 0 Å². The zero-order valence-electron chi connectivity index (χ0n) is 16.4. The zero-order valence-corrected chi connectivity index (χ0v) is 17.2. The molecule has 0 aliphatic carbocycles. The molecule has 2 N–H and O–H groups in total. The van der Waals surface area contributed by atoms with Gasteiger partial charge in [-0.3, -0.25) is 4.79 Å². The summed E-state index contributed by atoms with van der Waals surface area (Å²) in [5.74, 6) is 0.716. The second-order valence-corrected chi connectivity index (χ2v) is 8.40. The van der Waals surface area contributed by atoms with E-state index in [0.29, 0.717) is 5.16 Å². The molecule has 0 bridgehead atoms. The van der Waals surface area contributed by atoms with E-state index in [9.17, 15) is 4.79 Å². The highest BCUT2D eigenvalue weighted by atomic mass is 32.2. The van der Waals surface area contributed by atoms with Crippen molar-refractivity contribution in [2.75, 3.05) is 10.7 Å². The fourth-order valence-electron chi connectivity index (χ4n) is 3.44. The molecule has 3 aromatic rings. The molecule has 6 nitrogen and oxygen atoms in total. The smallest absolute Gasteiger partial charge is 0.240 e. The average Bonchev–Trinajstić information content (AvgIpc) is 3.01. The molecule has 0 fully saturated rings. The van der Waals surface area contributed by atoms with Gasteiger partial charge in [0.1, 0.15) is 11.1 Å². The Bertz CT molecular complexity index is 1010. The lowest BCUT2D eigenvalue weighted by Crippen LogP contribution is -2.41.